The van der Waals surface area contributed by atoms with Gasteiger partial charge in [-0.25, -0.2) is 10.9 Å². The van der Waals surface area contributed by atoms with E-state index < -0.39 is 0 Å². The Balaban J connectivity index is 2.05. The van der Waals surface area contributed by atoms with Crippen molar-refractivity contribution >= 4 is 17.2 Å². The summed E-state index contributed by atoms with van der Waals surface area (Å²) in [5.41, 5.74) is 1.90. The SMILES string of the molecule is O=Cc1ccc(C[SH]2C=CC(O)=C2)cc1. The van der Waals surface area contributed by atoms with Gasteiger partial charge in [0.25, 0.3) is 0 Å². The quantitative estimate of drug-likeness (QED) is 0.607. The van der Waals surface area contributed by atoms with Gasteiger partial charge in [0.1, 0.15) is 12.0 Å². The van der Waals surface area contributed by atoms with E-state index in [1.165, 1.54) is 5.56 Å². The molecule has 0 amide bonds. The third-order valence-corrected chi connectivity index (χ3v) is 4.07. The van der Waals surface area contributed by atoms with Crippen LogP contribution in [0.2, 0.25) is 0 Å². The molecule has 0 saturated heterocycles. The van der Waals surface area contributed by atoms with E-state index in [1.54, 1.807) is 6.08 Å². The van der Waals surface area contributed by atoms with Crippen LogP contribution in [0.15, 0.2) is 46.9 Å². The summed E-state index contributed by atoms with van der Waals surface area (Å²) in [4.78, 5) is 10.5. The Morgan fingerprint density at radius 1 is 1.27 bits per heavy atom. The summed E-state index contributed by atoms with van der Waals surface area (Å²) in [6.07, 6.45) is 2.59. The van der Waals surface area contributed by atoms with Crippen molar-refractivity contribution in [3.8, 4) is 0 Å². The van der Waals surface area contributed by atoms with Gasteiger partial charge in [-0.15, -0.1) is 0 Å². The van der Waals surface area contributed by atoms with Crippen molar-refractivity contribution in [1.82, 2.24) is 0 Å². The van der Waals surface area contributed by atoms with E-state index in [0.29, 0.717) is 11.3 Å². The second-order valence-corrected chi connectivity index (χ2v) is 5.30. The molecular weight excluding hydrogens is 208 g/mol. The number of rotatable bonds is 3. The molecule has 1 N–H and O–H groups in total. The Labute approximate surface area is 91.3 Å². The Kier molecular flexibility index (Phi) is 2.92. The van der Waals surface area contributed by atoms with Crippen molar-refractivity contribution in [2.45, 2.75) is 5.75 Å². The third kappa shape index (κ3) is 2.50. The van der Waals surface area contributed by atoms with Gasteiger partial charge in [0.2, 0.25) is 0 Å². The van der Waals surface area contributed by atoms with E-state index in [0.717, 1.165) is 12.0 Å². The van der Waals surface area contributed by atoms with E-state index in [2.05, 4.69) is 0 Å². The summed E-state index contributed by atoms with van der Waals surface area (Å²) < 4.78 is 0. The Morgan fingerprint density at radius 3 is 2.53 bits per heavy atom. The van der Waals surface area contributed by atoms with Crippen molar-refractivity contribution in [2.24, 2.45) is 0 Å². The topological polar surface area (TPSA) is 37.3 Å². The highest BCUT2D eigenvalue weighted by molar-refractivity contribution is 8.21. The van der Waals surface area contributed by atoms with Gasteiger partial charge < -0.3 is 5.11 Å². The van der Waals surface area contributed by atoms with Crippen molar-refractivity contribution in [2.75, 3.05) is 0 Å². The first kappa shape index (κ1) is 10.1. The summed E-state index contributed by atoms with van der Waals surface area (Å²) in [6.45, 7) is 0. The van der Waals surface area contributed by atoms with Gasteiger partial charge in [-0.3, -0.25) is 4.79 Å². The zero-order chi connectivity index (χ0) is 10.7. The van der Waals surface area contributed by atoms with Gasteiger partial charge in [-0.2, -0.15) is 0 Å². The number of aldehydes is 1. The minimum atomic E-state index is -0.356. The number of aliphatic hydroxyl groups is 1. The fourth-order valence-electron chi connectivity index (χ4n) is 1.44. The van der Waals surface area contributed by atoms with Crippen LogP contribution in [-0.2, 0) is 5.75 Å². The molecule has 1 atom stereocenters. The number of thiol groups is 1. The highest BCUT2D eigenvalue weighted by atomic mass is 32.2. The van der Waals surface area contributed by atoms with E-state index in [4.69, 9.17) is 0 Å². The van der Waals surface area contributed by atoms with Gasteiger partial charge >= 0.3 is 0 Å². The van der Waals surface area contributed by atoms with E-state index in [1.807, 2.05) is 35.1 Å². The molecule has 2 nitrogen and oxygen atoms in total. The standard InChI is InChI=1S/C12H12O2S/c13-7-10-1-3-11(4-2-10)8-15-6-5-12(14)9-15/h1-7,9,14-15H,8H2. The van der Waals surface area contributed by atoms with Gasteiger partial charge in [0, 0.05) is 11.3 Å². The van der Waals surface area contributed by atoms with Crippen molar-refractivity contribution in [1.29, 1.82) is 0 Å². The van der Waals surface area contributed by atoms with Crippen molar-refractivity contribution in [3.63, 3.8) is 0 Å². The van der Waals surface area contributed by atoms with Crippen LogP contribution < -0.4 is 0 Å². The maximum absolute atomic E-state index is 10.5. The van der Waals surface area contributed by atoms with Gasteiger partial charge in [0.15, 0.2) is 0 Å². The molecule has 1 unspecified atom stereocenters. The average Bonchev–Trinajstić information content (AvgIpc) is 2.65. The number of benzene rings is 1. The van der Waals surface area contributed by atoms with Crippen LogP contribution in [0.1, 0.15) is 15.9 Å². The maximum Gasteiger partial charge on any atom is 0.150 e. The van der Waals surface area contributed by atoms with Gasteiger partial charge in [-0.1, -0.05) is 24.3 Å². The summed E-state index contributed by atoms with van der Waals surface area (Å²) in [6, 6.07) is 7.56. The molecular formula is C12H12O2S. The summed E-state index contributed by atoms with van der Waals surface area (Å²) >= 11 is 0. The molecule has 0 spiro atoms. The first-order valence-electron chi connectivity index (χ1n) is 4.67. The van der Waals surface area contributed by atoms with Crippen LogP contribution in [0.3, 0.4) is 0 Å². The molecule has 15 heavy (non-hydrogen) atoms. The normalized spacial score (nSPS) is 21.3. The Morgan fingerprint density at radius 2 is 2.00 bits per heavy atom. The molecule has 1 aromatic rings. The van der Waals surface area contributed by atoms with Crippen LogP contribution >= 0.6 is 10.9 Å². The highest BCUT2D eigenvalue weighted by Crippen LogP contribution is 2.38. The molecule has 1 aliphatic heterocycles. The second-order valence-electron chi connectivity index (χ2n) is 3.40. The molecule has 2 rings (SSSR count). The molecule has 1 aromatic carbocycles. The lowest BCUT2D eigenvalue weighted by molar-refractivity contribution is 0.112. The lowest BCUT2D eigenvalue weighted by Gasteiger charge is -2.09. The molecule has 0 bridgehead atoms. The van der Waals surface area contributed by atoms with Crippen LogP contribution in [0.5, 0.6) is 0 Å². The van der Waals surface area contributed by atoms with E-state index in [9.17, 15) is 9.90 Å². The molecule has 0 saturated carbocycles. The monoisotopic (exact) mass is 220 g/mol. The first-order valence-corrected chi connectivity index (χ1v) is 6.33. The molecule has 1 heterocycles. The van der Waals surface area contributed by atoms with E-state index >= 15 is 0 Å². The first-order chi connectivity index (χ1) is 7.28. The third-order valence-electron chi connectivity index (χ3n) is 2.22. The maximum atomic E-state index is 10.5. The highest BCUT2D eigenvalue weighted by Gasteiger charge is 2.05. The molecule has 0 aromatic heterocycles. The average molecular weight is 220 g/mol. The van der Waals surface area contributed by atoms with Crippen molar-refractivity contribution in [3.05, 3.63) is 58.0 Å². The number of aliphatic hydroxyl groups excluding tert-OH is 1. The molecule has 0 aliphatic carbocycles. The second kappa shape index (κ2) is 4.36. The smallest absolute Gasteiger partial charge is 0.150 e. The fraction of sp³-hybridized carbons (Fsp3) is 0.0833. The number of carbonyl (C=O) groups excluding carboxylic acids is 1. The minimum absolute atomic E-state index is 0.356. The predicted octanol–water partition coefficient (Wildman–Crippen LogP) is 2.93. The summed E-state index contributed by atoms with van der Waals surface area (Å²) in [5.74, 6) is 1.29. The van der Waals surface area contributed by atoms with E-state index in [-0.39, 0.29) is 10.9 Å². The zero-order valence-corrected chi connectivity index (χ0v) is 9.02. The van der Waals surface area contributed by atoms with Crippen LogP contribution in [0.25, 0.3) is 0 Å². The molecule has 3 heteroatoms. The van der Waals surface area contributed by atoms with Crippen LogP contribution in [-0.4, -0.2) is 11.4 Å². The molecule has 78 valence electrons. The van der Waals surface area contributed by atoms with Gasteiger partial charge in [0.05, 0.1) is 0 Å². The predicted molar refractivity (Wildman–Crippen MR) is 64.4 cm³/mol. The van der Waals surface area contributed by atoms with Gasteiger partial charge in [-0.05, 0) is 22.5 Å². The Hall–Kier alpha value is -1.48. The number of hydrogen-bond donors (Lipinski definition) is 2. The van der Waals surface area contributed by atoms with Crippen molar-refractivity contribution < 1.29 is 9.90 Å². The summed E-state index contributed by atoms with van der Waals surface area (Å²) in [7, 11) is -0.356. The van der Waals surface area contributed by atoms with Crippen LogP contribution in [0.4, 0.5) is 0 Å². The number of carbonyl (C=O) groups is 1. The fourth-order valence-corrected chi connectivity index (χ4v) is 3.12. The molecule has 0 fully saturated rings. The summed E-state index contributed by atoms with van der Waals surface area (Å²) in [5, 5.41) is 13.1. The zero-order valence-electron chi connectivity index (χ0n) is 8.13. The van der Waals surface area contributed by atoms with Crippen LogP contribution in [0, 0.1) is 0 Å². The Bertz CT molecular complexity index is 418. The molecule has 0 radical (unpaired) electrons. The minimum Gasteiger partial charge on any atom is -0.507 e. The lowest BCUT2D eigenvalue weighted by Crippen LogP contribution is -1.84. The number of hydrogen-bond acceptors (Lipinski definition) is 2. The lowest BCUT2D eigenvalue weighted by atomic mass is 10.2. The number of allylic oxidation sites excluding steroid dienone is 1. The molecule has 1 aliphatic rings. The largest absolute Gasteiger partial charge is 0.507 e.